The molecule has 0 saturated carbocycles. The van der Waals surface area contributed by atoms with Crippen LogP contribution in [0.4, 0.5) is 5.69 Å². The Morgan fingerprint density at radius 3 is 2.56 bits per heavy atom. The van der Waals surface area contributed by atoms with Gasteiger partial charge in [0.2, 0.25) is 6.29 Å². The fourth-order valence-corrected chi connectivity index (χ4v) is 3.64. The van der Waals surface area contributed by atoms with E-state index in [0.29, 0.717) is 11.3 Å². The van der Waals surface area contributed by atoms with Crippen LogP contribution in [0.2, 0.25) is 0 Å². The van der Waals surface area contributed by atoms with Crippen molar-refractivity contribution in [2.24, 2.45) is 0 Å². The highest BCUT2D eigenvalue weighted by atomic mass is 127. The summed E-state index contributed by atoms with van der Waals surface area (Å²) in [5.74, 6) is -0.516. The third-order valence-electron chi connectivity index (χ3n) is 4.87. The molecule has 0 amide bonds. The number of rotatable bonds is 5. The molecule has 0 radical (unpaired) electrons. The zero-order valence-corrected chi connectivity index (χ0v) is 16.4. The van der Waals surface area contributed by atoms with E-state index in [1.165, 1.54) is 0 Å². The number of carbonyl (C=O) groups is 1. The van der Waals surface area contributed by atoms with Crippen LogP contribution >= 0.6 is 23.0 Å². The van der Waals surface area contributed by atoms with E-state index >= 15 is 0 Å². The largest absolute Gasteiger partial charge is 0.480 e. The molecule has 2 heterocycles. The molecule has 1 fully saturated rings. The molecule has 2 aliphatic rings. The number of carboxylic acids is 1. The first-order valence-electron chi connectivity index (χ1n) is 8.16. The van der Waals surface area contributed by atoms with Crippen molar-refractivity contribution in [1.82, 2.24) is 0 Å². The maximum absolute atomic E-state index is 11.4. The predicted molar refractivity (Wildman–Crippen MR) is 99.0 cm³/mol. The van der Waals surface area contributed by atoms with Gasteiger partial charge in [0.05, 0.1) is 6.61 Å². The third-order valence-corrected chi connectivity index (χ3v) is 5.34. The second-order valence-corrected chi connectivity index (χ2v) is 6.93. The average Bonchev–Trinajstić information content (AvgIpc) is 2.97. The molecule has 150 valence electrons. The van der Waals surface area contributed by atoms with Gasteiger partial charge in [0.1, 0.15) is 30.5 Å². The van der Waals surface area contributed by atoms with Crippen LogP contribution in [0, 0.1) is 0 Å². The lowest BCUT2D eigenvalue weighted by molar-refractivity contribution is -0.277. The van der Waals surface area contributed by atoms with Crippen LogP contribution in [-0.4, -0.2) is 81.9 Å². The Morgan fingerprint density at radius 1 is 1.26 bits per heavy atom. The van der Waals surface area contributed by atoms with Gasteiger partial charge in [0, 0.05) is 25.2 Å². The van der Waals surface area contributed by atoms with Crippen molar-refractivity contribution in [2.75, 3.05) is 18.6 Å². The fourth-order valence-electron chi connectivity index (χ4n) is 3.29. The van der Waals surface area contributed by atoms with Gasteiger partial charge in [-0.1, -0.05) is 0 Å². The number of likely N-dealkylation sites (N-methyl/N-ethyl adjacent to an activating group) is 1. The quantitative estimate of drug-likeness (QED) is 0.322. The van der Waals surface area contributed by atoms with Crippen molar-refractivity contribution in [3.05, 3.63) is 17.7 Å². The van der Waals surface area contributed by atoms with Crippen molar-refractivity contribution < 1.29 is 42.9 Å². The predicted octanol–water partition coefficient (Wildman–Crippen LogP) is -0.960. The van der Waals surface area contributed by atoms with Crippen LogP contribution in [0.15, 0.2) is 12.1 Å². The Morgan fingerprint density at radius 2 is 1.96 bits per heavy atom. The lowest BCUT2D eigenvalue weighted by Gasteiger charge is -2.39. The van der Waals surface area contributed by atoms with Gasteiger partial charge in [-0.25, -0.2) is 4.79 Å². The van der Waals surface area contributed by atoms with Crippen LogP contribution < -0.4 is 12.7 Å². The van der Waals surface area contributed by atoms with Gasteiger partial charge in [0.15, 0.2) is 34.5 Å². The molecule has 0 bridgehead atoms. The maximum Gasteiger partial charge on any atom is 0.326 e. The number of fused-ring (bicyclic) bond motifs is 1. The van der Waals surface area contributed by atoms with Crippen LogP contribution in [0.25, 0.3) is 0 Å². The van der Waals surface area contributed by atoms with Gasteiger partial charge >= 0.3 is 5.97 Å². The van der Waals surface area contributed by atoms with E-state index in [2.05, 4.69) is 0 Å². The minimum Gasteiger partial charge on any atom is -0.480 e. The van der Waals surface area contributed by atoms with Crippen LogP contribution in [0.1, 0.15) is 5.56 Å². The molecule has 1 aromatic rings. The number of aliphatic hydroxyl groups is 4. The fraction of sp³-hybridized carbons (Fsp3) is 0.562. The lowest BCUT2D eigenvalue weighted by Crippen LogP contribution is -2.60. The van der Waals surface area contributed by atoms with E-state index in [0.717, 1.165) is 0 Å². The average molecular weight is 497 g/mol. The summed E-state index contributed by atoms with van der Waals surface area (Å²) in [7, 11) is 1.67. The second kappa shape index (κ2) is 7.93. The van der Waals surface area contributed by atoms with Crippen LogP contribution in [-0.2, 0) is 16.0 Å². The molecular formula is C16H20INO9. The molecule has 0 unspecified atom stereocenters. The summed E-state index contributed by atoms with van der Waals surface area (Å²) in [6, 6.07) is 2.48. The number of aliphatic hydroxyl groups excluding tert-OH is 4. The number of aliphatic carboxylic acids is 1. The first-order valence-corrected chi connectivity index (χ1v) is 9.04. The lowest BCUT2D eigenvalue weighted by atomic mass is 9.99. The summed E-state index contributed by atoms with van der Waals surface area (Å²) >= 11 is 1.64. The Balaban J connectivity index is 1.88. The first-order chi connectivity index (χ1) is 12.8. The minimum atomic E-state index is -1.57. The molecule has 3 rings (SSSR count). The molecule has 5 N–H and O–H groups in total. The Labute approximate surface area is 168 Å². The van der Waals surface area contributed by atoms with Crippen molar-refractivity contribution in [3.63, 3.8) is 0 Å². The van der Waals surface area contributed by atoms with E-state index in [9.17, 15) is 30.3 Å². The Kier molecular flexibility index (Phi) is 5.98. The van der Waals surface area contributed by atoms with Gasteiger partial charge < -0.3 is 43.0 Å². The summed E-state index contributed by atoms with van der Waals surface area (Å²) < 4.78 is 16.3. The second-order valence-electron chi connectivity index (χ2n) is 6.49. The van der Waals surface area contributed by atoms with Crippen molar-refractivity contribution in [1.29, 1.82) is 0 Å². The number of carboxylic acid groups (broad SMARTS) is 1. The van der Waals surface area contributed by atoms with Crippen LogP contribution in [0.3, 0.4) is 0 Å². The number of hydrogen-bond acceptors (Lipinski definition) is 9. The summed E-state index contributed by atoms with van der Waals surface area (Å²) in [5, 5.41) is 48.4. The van der Waals surface area contributed by atoms with E-state index in [1.54, 1.807) is 47.1 Å². The zero-order valence-electron chi connectivity index (χ0n) is 14.2. The van der Waals surface area contributed by atoms with Crippen molar-refractivity contribution in [3.8, 4) is 11.5 Å². The van der Waals surface area contributed by atoms with Gasteiger partial charge in [0.25, 0.3) is 0 Å². The van der Waals surface area contributed by atoms with Gasteiger partial charge in [-0.05, 0) is 11.6 Å². The highest BCUT2D eigenvalue weighted by Crippen LogP contribution is 2.42. The molecule has 0 aromatic heterocycles. The SMILES string of the molecule is CN1c2cc(OI)c(O[C@@H]3O[C@H](CO)[C@@H](O)[C@H](O)[C@H]3O)cc2C[C@H]1C(=O)O. The van der Waals surface area contributed by atoms with E-state index in [1.807, 2.05) is 0 Å². The highest BCUT2D eigenvalue weighted by Gasteiger charge is 2.45. The molecule has 2 aliphatic heterocycles. The van der Waals surface area contributed by atoms with Crippen molar-refractivity contribution >= 4 is 34.7 Å². The molecule has 1 aromatic carbocycles. The van der Waals surface area contributed by atoms with E-state index in [4.69, 9.17) is 12.5 Å². The van der Waals surface area contributed by atoms with Gasteiger partial charge in [-0.3, -0.25) is 0 Å². The zero-order chi connectivity index (χ0) is 19.9. The van der Waals surface area contributed by atoms with Gasteiger partial charge in [-0.2, -0.15) is 0 Å². The summed E-state index contributed by atoms with van der Waals surface area (Å²) in [4.78, 5) is 13.0. The maximum atomic E-state index is 11.4. The molecular weight excluding hydrogens is 477 g/mol. The van der Waals surface area contributed by atoms with E-state index < -0.39 is 49.3 Å². The summed E-state index contributed by atoms with van der Waals surface area (Å²) in [5.41, 5.74) is 1.39. The number of nitrogens with zero attached hydrogens (tertiary/aromatic N) is 1. The minimum absolute atomic E-state index is 0.173. The summed E-state index contributed by atoms with van der Waals surface area (Å²) in [6.07, 6.45) is -6.83. The van der Waals surface area contributed by atoms with Gasteiger partial charge in [-0.15, -0.1) is 0 Å². The van der Waals surface area contributed by atoms with Crippen molar-refractivity contribution in [2.45, 2.75) is 43.2 Å². The van der Waals surface area contributed by atoms with Crippen LogP contribution in [0.5, 0.6) is 11.5 Å². The normalized spacial score (nSPS) is 32.9. The number of anilines is 1. The Bertz CT molecular complexity index is 715. The smallest absolute Gasteiger partial charge is 0.326 e. The molecule has 6 atom stereocenters. The summed E-state index contributed by atoms with van der Waals surface area (Å²) in [6.45, 7) is -0.574. The molecule has 1 saturated heterocycles. The third kappa shape index (κ3) is 3.67. The molecule has 0 aliphatic carbocycles. The molecule has 0 spiro atoms. The number of benzene rings is 1. The monoisotopic (exact) mass is 497 g/mol. The topological polar surface area (TPSA) is 149 Å². The molecule has 10 nitrogen and oxygen atoms in total. The number of hydrogen-bond donors (Lipinski definition) is 5. The molecule has 11 heteroatoms. The highest BCUT2D eigenvalue weighted by molar-refractivity contribution is 14.1. The van der Waals surface area contributed by atoms with E-state index in [-0.39, 0.29) is 17.9 Å². The number of halogens is 1. The number of ether oxygens (including phenoxy) is 2. The molecule has 27 heavy (non-hydrogen) atoms. The first kappa shape index (κ1) is 20.4. The standard InChI is InChI=1S/C16H20INO9/c1-18-7-4-10(27-17)9(3-6(7)2-8(18)15(23)24)25-16-14(22)13(21)12(20)11(5-19)26-16/h3-4,8,11-14,16,19-22H,2,5H2,1H3,(H,23,24)/t8-,11+,12+,13-,14+,16+/m0/s1. The Hall–Kier alpha value is -1.38.